The van der Waals surface area contributed by atoms with Crippen LogP contribution in [0.15, 0.2) is 33.2 Å². The van der Waals surface area contributed by atoms with Crippen LogP contribution in [0.3, 0.4) is 0 Å². The molecular weight excluding hydrogens is 337 g/mol. The van der Waals surface area contributed by atoms with E-state index in [9.17, 15) is 4.39 Å². The zero-order valence-electron chi connectivity index (χ0n) is 12.2. The predicted molar refractivity (Wildman–Crippen MR) is 83.9 cm³/mol. The highest BCUT2D eigenvalue weighted by atomic mass is 79.9. The molecule has 21 heavy (non-hydrogen) atoms. The fourth-order valence-electron chi connectivity index (χ4n) is 1.95. The van der Waals surface area contributed by atoms with Gasteiger partial charge in [-0.05, 0) is 44.2 Å². The van der Waals surface area contributed by atoms with Crippen LogP contribution >= 0.6 is 15.9 Å². The molecule has 0 fully saturated rings. The van der Waals surface area contributed by atoms with Crippen LogP contribution in [0.25, 0.3) is 0 Å². The summed E-state index contributed by atoms with van der Waals surface area (Å²) in [7, 11) is 0. The number of rotatable bonds is 7. The first-order valence-electron chi connectivity index (χ1n) is 6.97. The largest absolute Gasteiger partial charge is 0.486 e. The first kappa shape index (κ1) is 16.0. The molecule has 0 bridgehead atoms. The van der Waals surface area contributed by atoms with Gasteiger partial charge in [0.05, 0.1) is 6.54 Å². The lowest BCUT2D eigenvalue weighted by molar-refractivity contribution is 0.287. The van der Waals surface area contributed by atoms with Crippen molar-refractivity contribution in [2.24, 2.45) is 0 Å². The van der Waals surface area contributed by atoms with Crippen molar-refractivity contribution in [2.45, 2.75) is 33.4 Å². The second kappa shape index (κ2) is 7.61. The van der Waals surface area contributed by atoms with Crippen LogP contribution in [-0.4, -0.2) is 6.54 Å². The minimum absolute atomic E-state index is 0.232. The summed E-state index contributed by atoms with van der Waals surface area (Å²) < 4.78 is 25.6. The van der Waals surface area contributed by atoms with Crippen LogP contribution in [0, 0.1) is 12.7 Å². The van der Waals surface area contributed by atoms with E-state index in [0.717, 1.165) is 34.5 Å². The Kier molecular flexibility index (Phi) is 5.82. The van der Waals surface area contributed by atoms with Gasteiger partial charge in [-0.3, -0.25) is 0 Å². The zero-order valence-corrected chi connectivity index (χ0v) is 13.8. The van der Waals surface area contributed by atoms with Gasteiger partial charge >= 0.3 is 0 Å². The molecule has 0 atom stereocenters. The van der Waals surface area contributed by atoms with Crippen LogP contribution < -0.4 is 10.1 Å². The molecule has 2 aromatic rings. The number of benzene rings is 1. The van der Waals surface area contributed by atoms with Gasteiger partial charge < -0.3 is 14.5 Å². The molecule has 3 nitrogen and oxygen atoms in total. The Morgan fingerprint density at radius 1 is 1.33 bits per heavy atom. The number of furan rings is 1. The molecule has 0 aliphatic carbocycles. The Morgan fingerprint density at radius 2 is 2.14 bits per heavy atom. The minimum atomic E-state index is -0.371. The maximum Gasteiger partial charge on any atom is 0.165 e. The SMILES string of the molecule is CCCNCc1cc(COc2cc(Br)ccc2F)c(C)o1. The van der Waals surface area contributed by atoms with Gasteiger partial charge in [0.1, 0.15) is 18.1 Å². The van der Waals surface area contributed by atoms with E-state index in [1.165, 1.54) is 6.07 Å². The number of hydrogen-bond donors (Lipinski definition) is 1. The summed E-state index contributed by atoms with van der Waals surface area (Å²) in [6, 6.07) is 6.59. The summed E-state index contributed by atoms with van der Waals surface area (Å²) in [4.78, 5) is 0. The number of halogens is 2. The standard InChI is InChI=1S/C16H19BrFNO2/c1-3-6-19-9-14-7-12(11(2)21-14)10-20-16-8-13(17)4-5-15(16)18/h4-5,7-8,19H,3,6,9-10H2,1-2H3. The van der Waals surface area contributed by atoms with Crippen molar-refractivity contribution in [3.05, 3.63) is 51.6 Å². The van der Waals surface area contributed by atoms with Crippen molar-refractivity contribution < 1.29 is 13.5 Å². The van der Waals surface area contributed by atoms with Crippen LogP contribution in [0.1, 0.15) is 30.4 Å². The molecule has 1 aromatic heterocycles. The molecule has 0 aliphatic heterocycles. The van der Waals surface area contributed by atoms with Crippen molar-refractivity contribution in [2.75, 3.05) is 6.54 Å². The number of ether oxygens (including phenoxy) is 1. The highest BCUT2D eigenvalue weighted by Gasteiger charge is 2.10. The maximum absolute atomic E-state index is 13.6. The Bertz CT molecular complexity index is 598. The summed E-state index contributed by atoms with van der Waals surface area (Å²) in [6.07, 6.45) is 1.08. The molecule has 0 aliphatic rings. The molecule has 2 rings (SSSR count). The predicted octanol–water partition coefficient (Wildman–Crippen LogP) is 4.57. The summed E-state index contributed by atoms with van der Waals surface area (Å²) in [5.41, 5.74) is 0.933. The molecule has 1 heterocycles. The lowest BCUT2D eigenvalue weighted by atomic mass is 10.2. The van der Waals surface area contributed by atoms with Gasteiger partial charge in [0, 0.05) is 10.0 Å². The van der Waals surface area contributed by atoms with Crippen molar-refractivity contribution in [3.63, 3.8) is 0 Å². The Hall–Kier alpha value is -1.33. The molecule has 1 N–H and O–H groups in total. The van der Waals surface area contributed by atoms with E-state index in [4.69, 9.17) is 9.15 Å². The Morgan fingerprint density at radius 3 is 2.90 bits per heavy atom. The van der Waals surface area contributed by atoms with Crippen molar-refractivity contribution in [3.8, 4) is 5.75 Å². The van der Waals surface area contributed by atoms with Gasteiger partial charge in [0.25, 0.3) is 0 Å². The Labute approximate surface area is 132 Å². The average Bonchev–Trinajstić information content (AvgIpc) is 2.80. The third kappa shape index (κ3) is 4.58. The van der Waals surface area contributed by atoms with Crippen molar-refractivity contribution in [1.82, 2.24) is 5.32 Å². The Balaban J connectivity index is 1.98. The van der Waals surface area contributed by atoms with E-state index in [2.05, 4.69) is 28.2 Å². The third-order valence-corrected chi connectivity index (χ3v) is 3.57. The molecule has 0 radical (unpaired) electrons. The first-order chi connectivity index (χ1) is 10.1. The quantitative estimate of drug-likeness (QED) is 0.738. The van der Waals surface area contributed by atoms with Gasteiger partial charge in [-0.15, -0.1) is 0 Å². The van der Waals surface area contributed by atoms with Gasteiger partial charge in [0.15, 0.2) is 11.6 Å². The molecule has 0 unspecified atom stereocenters. The second-order valence-electron chi connectivity index (χ2n) is 4.83. The normalized spacial score (nSPS) is 10.9. The number of nitrogens with one attached hydrogen (secondary N) is 1. The van der Waals surface area contributed by atoms with E-state index in [1.54, 1.807) is 12.1 Å². The fourth-order valence-corrected chi connectivity index (χ4v) is 2.29. The fraction of sp³-hybridized carbons (Fsp3) is 0.375. The van der Waals surface area contributed by atoms with Gasteiger partial charge in [-0.2, -0.15) is 0 Å². The maximum atomic E-state index is 13.6. The van der Waals surface area contributed by atoms with Gasteiger partial charge in [-0.25, -0.2) is 4.39 Å². The average molecular weight is 356 g/mol. The van der Waals surface area contributed by atoms with E-state index in [0.29, 0.717) is 6.54 Å². The highest BCUT2D eigenvalue weighted by molar-refractivity contribution is 9.10. The molecule has 0 saturated carbocycles. The van der Waals surface area contributed by atoms with Crippen LogP contribution in [0.4, 0.5) is 4.39 Å². The second-order valence-corrected chi connectivity index (χ2v) is 5.75. The van der Waals surface area contributed by atoms with Gasteiger partial charge in [-0.1, -0.05) is 22.9 Å². The molecule has 0 saturated heterocycles. The zero-order chi connectivity index (χ0) is 15.2. The van der Waals surface area contributed by atoms with E-state index >= 15 is 0 Å². The summed E-state index contributed by atoms with van der Waals surface area (Å²) in [5.74, 6) is 1.53. The van der Waals surface area contributed by atoms with Crippen molar-refractivity contribution in [1.29, 1.82) is 0 Å². The van der Waals surface area contributed by atoms with E-state index < -0.39 is 0 Å². The van der Waals surface area contributed by atoms with Crippen molar-refractivity contribution >= 4 is 15.9 Å². The first-order valence-corrected chi connectivity index (χ1v) is 7.76. The van der Waals surface area contributed by atoms with Gasteiger partial charge in [0.2, 0.25) is 0 Å². The molecule has 114 valence electrons. The number of aryl methyl sites for hydroxylation is 1. The molecule has 5 heteroatoms. The smallest absolute Gasteiger partial charge is 0.165 e. The lowest BCUT2D eigenvalue weighted by Crippen LogP contribution is -2.13. The van der Waals surface area contributed by atoms with E-state index in [-0.39, 0.29) is 18.2 Å². The monoisotopic (exact) mass is 355 g/mol. The minimum Gasteiger partial charge on any atom is -0.486 e. The molecule has 0 spiro atoms. The highest BCUT2D eigenvalue weighted by Crippen LogP contribution is 2.24. The molecule has 0 amide bonds. The summed E-state index contributed by atoms with van der Waals surface area (Å²) in [5, 5.41) is 3.28. The topological polar surface area (TPSA) is 34.4 Å². The van der Waals surface area contributed by atoms with E-state index in [1.807, 2.05) is 13.0 Å². The third-order valence-electron chi connectivity index (χ3n) is 3.07. The number of hydrogen-bond acceptors (Lipinski definition) is 3. The summed E-state index contributed by atoms with van der Waals surface area (Å²) >= 11 is 3.30. The van der Waals surface area contributed by atoms with Crippen LogP contribution in [-0.2, 0) is 13.2 Å². The summed E-state index contributed by atoms with van der Waals surface area (Å²) in [6.45, 7) is 5.94. The molecular formula is C16H19BrFNO2. The molecule has 1 aromatic carbocycles. The lowest BCUT2D eigenvalue weighted by Gasteiger charge is -2.06. The van der Waals surface area contributed by atoms with Crippen LogP contribution in [0.2, 0.25) is 0 Å². The van der Waals surface area contributed by atoms with Crippen LogP contribution in [0.5, 0.6) is 5.75 Å².